The molecule has 0 aliphatic rings. The van der Waals surface area contributed by atoms with E-state index in [9.17, 15) is 4.39 Å². The molecule has 0 aliphatic heterocycles. The van der Waals surface area contributed by atoms with Crippen LogP contribution in [-0.2, 0) is 6.54 Å². The van der Waals surface area contributed by atoms with E-state index in [1.165, 1.54) is 6.07 Å². The van der Waals surface area contributed by atoms with Crippen LogP contribution in [0, 0.1) is 5.82 Å². The quantitative estimate of drug-likeness (QED) is 0.749. The molecule has 1 heterocycles. The molecule has 0 saturated heterocycles. The zero-order valence-electron chi connectivity index (χ0n) is 10.3. The van der Waals surface area contributed by atoms with E-state index in [1.54, 1.807) is 12.1 Å². The summed E-state index contributed by atoms with van der Waals surface area (Å²) in [5, 5.41) is 0.103. The van der Waals surface area contributed by atoms with Crippen LogP contribution in [0.1, 0.15) is 5.56 Å². The Kier molecular flexibility index (Phi) is 3.40. The highest BCUT2D eigenvalue weighted by atomic mass is 79.9. The Balaban J connectivity index is 2.07. The Morgan fingerprint density at radius 2 is 2.05 bits per heavy atom. The Bertz CT molecular complexity index is 800. The topological polar surface area (TPSA) is 43.8 Å². The summed E-state index contributed by atoms with van der Waals surface area (Å²) in [5.41, 5.74) is 8.54. The molecule has 2 N–H and O–H groups in total. The molecule has 0 atom stereocenters. The molecule has 3 rings (SSSR count). The second kappa shape index (κ2) is 5.07. The number of nitrogens with two attached hydrogens (primary N) is 1. The summed E-state index contributed by atoms with van der Waals surface area (Å²) < 4.78 is 16.0. The number of halogens is 3. The van der Waals surface area contributed by atoms with Gasteiger partial charge in [0.15, 0.2) is 0 Å². The van der Waals surface area contributed by atoms with E-state index >= 15 is 0 Å². The Morgan fingerprint density at radius 1 is 1.25 bits per heavy atom. The molecule has 20 heavy (non-hydrogen) atoms. The second-order valence-corrected chi connectivity index (χ2v) is 5.76. The van der Waals surface area contributed by atoms with Gasteiger partial charge in [0.1, 0.15) is 5.82 Å². The fourth-order valence-corrected chi connectivity index (χ4v) is 2.65. The SMILES string of the molecule is Nc1nc2ccc(Br)cc2n1Cc1ccc(F)c(Cl)c1. The third kappa shape index (κ3) is 2.39. The molecule has 6 heteroatoms. The van der Waals surface area contributed by atoms with Crippen molar-refractivity contribution in [3.8, 4) is 0 Å². The van der Waals surface area contributed by atoms with Crippen LogP contribution in [0.4, 0.5) is 10.3 Å². The van der Waals surface area contributed by atoms with Crippen molar-refractivity contribution in [1.82, 2.24) is 9.55 Å². The minimum atomic E-state index is -0.429. The van der Waals surface area contributed by atoms with Gasteiger partial charge in [0.25, 0.3) is 0 Å². The van der Waals surface area contributed by atoms with Crippen LogP contribution >= 0.6 is 27.5 Å². The van der Waals surface area contributed by atoms with Gasteiger partial charge in [0.05, 0.1) is 22.6 Å². The van der Waals surface area contributed by atoms with Gasteiger partial charge in [-0.15, -0.1) is 0 Å². The first kappa shape index (κ1) is 13.4. The van der Waals surface area contributed by atoms with E-state index in [1.807, 2.05) is 22.8 Å². The highest BCUT2D eigenvalue weighted by molar-refractivity contribution is 9.10. The van der Waals surface area contributed by atoms with Crippen molar-refractivity contribution < 1.29 is 4.39 Å². The van der Waals surface area contributed by atoms with Gasteiger partial charge >= 0.3 is 0 Å². The lowest BCUT2D eigenvalue weighted by Crippen LogP contribution is -2.04. The van der Waals surface area contributed by atoms with E-state index in [2.05, 4.69) is 20.9 Å². The van der Waals surface area contributed by atoms with Crippen molar-refractivity contribution in [3.05, 3.63) is 57.3 Å². The number of hydrogen-bond acceptors (Lipinski definition) is 2. The number of imidazole rings is 1. The lowest BCUT2D eigenvalue weighted by Gasteiger charge is -2.07. The summed E-state index contributed by atoms with van der Waals surface area (Å²) in [6.07, 6.45) is 0. The first-order chi connectivity index (χ1) is 9.54. The van der Waals surface area contributed by atoms with E-state index < -0.39 is 5.82 Å². The molecule has 0 unspecified atom stereocenters. The van der Waals surface area contributed by atoms with Gasteiger partial charge < -0.3 is 10.3 Å². The van der Waals surface area contributed by atoms with Crippen molar-refractivity contribution >= 4 is 44.5 Å². The molecule has 2 aromatic carbocycles. The molecule has 0 amide bonds. The zero-order chi connectivity index (χ0) is 14.3. The largest absolute Gasteiger partial charge is 0.369 e. The molecule has 0 fully saturated rings. The number of anilines is 1. The summed E-state index contributed by atoms with van der Waals surface area (Å²) in [6.45, 7) is 0.485. The maximum atomic E-state index is 13.2. The van der Waals surface area contributed by atoms with Crippen LogP contribution < -0.4 is 5.73 Å². The Morgan fingerprint density at radius 3 is 2.80 bits per heavy atom. The number of hydrogen-bond donors (Lipinski definition) is 1. The zero-order valence-corrected chi connectivity index (χ0v) is 12.6. The first-order valence-corrected chi connectivity index (χ1v) is 7.07. The van der Waals surface area contributed by atoms with Crippen LogP contribution in [0.3, 0.4) is 0 Å². The highest BCUT2D eigenvalue weighted by Gasteiger charge is 2.10. The van der Waals surface area contributed by atoms with Crippen molar-refractivity contribution in [1.29, 1.82) is 0 Å². The number of benzene rings is 2. The maximum Gasteiger partial charge on any atom is 0.201 e. The predicted molar refractivity (Wildman–Crippen MR) is 82.4 cm³/mol. The molecule has 1 aromatic heterocycles. The molecule has 0 aliphatic carbocycles. The molecule has 3 nitrogen and oxygen atoms in total. The summed E-state index contributed by atoms with van der Waals surface area (Å²) >= 11 is 9.23. The molecule has 0 spiro atoms. The van der Waals surface area contributed by atoms with E-state index in [-0.39, 0.29) is 5.02 Å². The number of nitrogen functional groups attached to an aromatic ring is 1. The van der Waals surface area contributed by atoms with Gasteiger partial charge in [0, 0.05) is 4.47 Å². The van der Waals surface area contributed by atoms with Crippen LogP contribution in [0.5, 0.6) is 0 Å². The lowest BCUT2D eigenvalue weighted by molar-refractivity contribution is 0.627. The summed E-state index contributed by atoms with van der Waals surface area (Å²) in [7, 11) is 0. The third-order valence-electron chi connectivity index (χ3n) is 3.06. The van der Waals surface area contributed by atoms with Crippen molar-refractivity contribution in [3.63, 3.8) is 0 Å². The van der Waals surface area contributed by atoms with Crippen molar-refractivity contribution in [2.75, 3.05) is 5.73 Å². The average Bonchev–Trinajstić information content (AvgIpc) is 2.70. The van der Waals surface area contributed by atoms with Crippen LogP contribution in [0.15, 0.2) is 40.9 Å². The Labute approximate surface area is 128 Å². The smallest absolute Gasteiger partial charge is 0.201 e. The fourth-order valence-electron chi connectivity index (χ4n) is 2.10. The molecular weight excluding hydrogens is 345 g/mol. The highest BCUT2D eigenvalue weighted by Crippen LogP contribution is 2.24. The molecule has 102 valence electrons. The number of aromatic nitrogens is 2. The van der Waals surface area contributed by atoms with Crippen LogP contribution in [0.25, 0.3) is 11.0 Å². The fraction of sp³-hybridized carbons (Fsp3) is 0.0714. The van der Waals surface area contributed by atoms with Gasteiger partial charge in [-0.25, -0.2) is 9.37 Å². The number of rotatable bonds is 2. The molecule has 0 bridgehead atoms. The number of nitrogens with zero attached hydrogens (tertiary/aromatic N) is 2. The van der Waals surface area contributed by atoms with Crippen molar-refractivity contribution in [2.24, 2.45) is 0 Å². The third-order valence-corrected chi connectivity index (χ3v) is 3.85. The normalized spacial score (nSPS) is 11.2. The summed E-state index contributed by atoms with van der Waals surface area (Å²) in [4.78, 5) is 4.30. The maximum absolute atomic E-state index is 13.2. The molecule has 3 aromatic rings. The summed E-state index contributed by atoms with van der Waals surface area (Å²) in [6, 6.07) is 10.4. The number of fused-ring (bicyclic) bond motifs is 1. The monoisotopic (exact) mass is 353 g/mol. The van der Waals surface area contributed by atoms with Gasteiger partial charge in [-0.05, 0) is 35.9 Å². The standard InChI is InChI=1S/C14H10BrClFN3/c15-9-2-4-12-13(6-9)20(14(18)19-12)7-8-1-3-11(17)10(16)5-8/h1-6H,7H2,(H2,18,19). The molecular formula is C14H10BrClFN3. The summed E-state index contributed by atoms with van der Waals surface area (Å²) in [5.74, 6) is -0.0137. The van der Waals surface area contributed by atoms with Crippen molar-refractivity contribution in [2.45, 2.75) is 6.54 Å². The lowest BCUT2D eigenvalue weighted by atomic mass is 10.2. The van der Waals surface area contributed by atoms with Crippen LogP contribution in [-0.4, -0.2) is 9.55 Å². The van der Waals surface area contributed by atoms with E-state index in [0.717, 1.165) is 21.1 Å². The molecule has 0 saturated carbocycles. The molecule has 0 radical (unpaired) electrons. The Hall–Kier alpha value is -1.59. The predicted octanol–water partition coefficient (Wildman–Crippen LogP) is 4.22. The van der Waals surface area contributed by atoms with E-state index in [4.69, 9.17) is 17.3 Å². The van der Waals surface area contributed by atoms with Gasteiger partial charge in [-0.2, -0.15) is 0 Å². The second-order valence-electron chi connectivity index (χ2n) is 4.44. The first-order valence-electron chi connectivity index (χ1n) is 5.90. The van der Waals surface area contributed by atoms with Crippen LogP contribution in [0.2, 0.25) is 5.02 Å². The minimum Gasteiger partial charge on any atom is -0.369 e. The minimum absolute atomic E-state index is 0.103. The van der Waals surface area contributed by atoms with E-state index in [0.29, 0.717) is 12.5 Å². The van der Waals surface area contributed by atoms with Gasteiger partial charge in [-0.1, -0.05) is 33.6 Å². The van der Waals surface area contributed by atoms with Gasteiger partial charge in [-0.3, -0.25) is 0 Å². The van der Waals surface area contributed by atoms with Gasteiger partial charge in [0.2, 0.25) is 5.95 Å². The average molecular weight is 355 g/mol.